The van der Waals surface area contributed by atoms with Gasteiger partial charge in [0.15, 0.2) is 0 Å². The predicted molar refractivity (Wildman–Crippen MR) is 102 cm³/mol. The first-order chi connectivity index (χ1) is 11.5. The van der Waals surface area contributed by atoms with E-state index in [-0.39, 0.29) is 0 Å². The maximum Gasteiger partial charge on any atom is 0.130 e. The second-order valence-electron chi connectivity index (χ2n) is 7.42. The van der Waals surface area contributed by atoms with Crippen molar-refractivity contribution in [1.82, 2.24) is 9.88 Å². The van der Waals surface area contributed by atoms with Gasteiger partial charge in [-0.05, 0) is 67.6 Å². The van der Waals surface area contributed by atoms with Crippen molar-refractivity contribution in [2.75, 3.05) is 12.4 Å². The predicted octanol–water partition coefficient (Wildman–Crippen LogP) is 5.24. The topological polar surface area (TPSA) is 28.2 Å². The van der Waals surface area contributed by atoms with Crippen molar-refractivity contribution in [2.24, 2.45) is 0 Å². The molecule has 1 aliphatic carbocycles. The van der Waals surface area contributed by atoms with Gasteiger partial charge in [0.25, 0.3) is 0 Å². The first-order valence-electron chi connectivity index (χ1n) is 9.05. The zero-order chi connectivity index (χ0) is 17.1. The van der Waals surface area contributed by atoms with E-state index in [1.807, 2.05) is 0 Å². The van der Waals surface area contributed by atoms with E-state index in [1.54, 1.807) is 0 Å². The molecule has 1 heterocycles. The summed E-state index contributed by atoms with van der Waals surface area (Å²) in [5, 5.41) is 3.44. The maximum atomic E-state index is 4.67. The molecular formula is C21H29N3. The number of anilines is 2. The molecule has 0 bridgehead atoms. The van der Waals surface area contributed by atoms with Crippen molar-refractivity contribution < 1.29 is 0 Å². The van der Waals surface area contributed by atoms with Crippen LogP contribution in [0.2, 0.25) is 0 Å². The van der Waals surface area contributed by atoms with Crippen LogP contribution in [0.25, 0.3) is 0 Å². The zero-order valence-electron chi connectivity index (χ0n) is 15.3. The third-order valence-corrected chi connectivity index (χ3v) is 5.05. The van der Waals surface area contributed by atoms with E-state index in [9.17, 15) is 0 Å². The number of rotatable bonds is 6. The molecule has 0 saturated heterocycles. The zero-order valence-corrected chi connectivity index (χ0v) is 15.3. The van der Waals surface area contributed by atoms with E-state index < -0.39 is 0 Å². The van der Waals surface area contributed by atoms with Crippen LogP contribution in [0.15, 0.2) is 36.5 Å². The van der Waals surface area contributed by atoms with Crippen LogP contribution < -0.4 is 5.32 Å². The van der Waals surface area contributed by atoms with E-state index in [1.165, 1.54) is 36.0 Å². The number of hydrogen-bond acceptors (Lipinski definition) is 3. The Morgan fingerprint density at radius 3 is 2.67 bits per heavy atom. The fourth-order valence-corrected chi connectivity index (χ4v) is 3.33. The summed E-state index contributed by atoms with van der Waals surface area (Å²) in [6, 6.07) is 11.4. The summed E-state index contributed by atoms with van der Waals surface area (Å²) in [5.41, 5.74) is 5.10. The number of nitrogens with one attached hydrogen (secondary N) is 1. The van der Waals surface area contributed by atoms with Gasteiger partial charge in [-0.25, -0.2) is 4.98 Å². The Hall–Kier alpha value is -1.87. The van der Waals surface area contributed by atoms with Gasteiger partial charge in [0.05, 0.1) is 0 Å². The molecule has 1 N–H and O–H groups in total. The van der Waals surface area contributed by atoms with Crippen molar-refractivity contribution in [1.29, 1.82) is 0 Å². The average molecular weight is 323 g/mol. The van der Waals surface area contributed by atoms with Crippen LogP contribution in [0.5, 0.6) is 0 Å². The molecular weight excluding hydrogens is 294 g/mol. The molecule has 0 amide bonds. The molecule has 24 heavy (non-hydrogen) atoms. The quantitative estimate of drug-likeness (QED) is 0.788. The molecule has 1 fully saturated rings. The SMILES string of the molecule is Cc1cccc(Nc2cc(C(C)C)c(CN(C)C3CCC3)cn2)c1. The van der Waals surface area contributed by atoms with Crippen molar-refractivity contribution in [3.05, 3.63) is 53.2 Å². The van der Waals surface area contributed by atoms with Gasteiger partial charge in [-0.15, -0.1) is 0 Å². The molecule has 1 saturated carbocycles. The summed E-state index contributed by atoms with van der Waals surface area (Å²) in [5.74, 6) is 1.43. The van der Waals surface area contributed by atoms with Crippen molar-refractivity contribution in [3.8, 4) is 0 Å². The maximum absolute atomic E-state index is 4.67. The van der Waals surface area contributed by atoms with Gasteiger partial charge in [-0.2, -0.15) is 0 Å². The Morgan fingerprint density at radius 2 is 2.04 bits per heavy atom. The van der Waals surface area contributed by atoms with E-state index in [0.29, 0.717) is 5.92 Å². The molecule has 0 unspecified atom stereocenters. The summed E-state index contributed by atoms with van der Waals surface area (Å²) < 4.78 is 0. The Bertz CT molecular complexity index is 689. The second-order valence-corrected chi connectivity index (χ2v) is 7.42. The molecule has 1 aliphatic rings. The number of pyridine rings is 1. The molecule has 0 aliphatic heterocycles. The lowest BCUT2D eigenvalue weighted by Crippen LogP contribution is -2.36. The molecule has 2 aromatic rings. The lowest BCUT2D eigenvalue weighted by atomic mass is 9.91. The molecule has 0 spiro atoms. The second kappa shape index (κ2) is 7.35. The van der Waals surface area contributed by atoms with Crippen LogP contribution in [0.3, 0.4) is 0 Å². The van der Waals surface area contributed by atoms with Gasteiger partial charge in [0, 0.05) is 24.5 Å². The van der Waals surface area contributed by atoms with Gasteiger partial charge in [0.1, 0.15) is 5.82 Å². The first kappa shape index (κ1) is 17.0. The highest BCUT2D eigenvalue weighted by Crippen LogP contribution is 2.28. The summed E-state index contributed by atoms with van der Waals surface area (Å²) in [7, 11) is 2.24. The molecule has 1 aromatic heterocycles. The monoisotopic (exact) mass is 323 g/mol. The van der Waals surface area contributed by atoms with E-state index in [4.69, 9.17) is 0 Å². The molecule has 3 heteroatoms. The minimum Gasteiger partial charge on any atom is -0.340 e. The summed E-state index contributed by atoms with van der Waals surface area (Å²) >= 11 is 0. The lowest BCUT2D eigenvalue weighted by Gasteiger charge is -2.35. The molecule has 128 valence electrons. The van der Waals surface area contributed by atoms with E-state index in [2.05, 4.69) is 79.5 Å². The highest BCUT2D eigenvalue weighted by molar-refractivity contribution is 5.58. The average Bonchev–Trinajstić information content (AvgIpc) is 2.46. The summed E-state index contributed by atoms with van der Waals surface area (Å²) in [6.45, 7) is 7.63. The number of benzene rings is 1. The Morgan fingerprint density at radius 1 is 1.25 bits per heavy atom. The largest absolute Gasteiger partial charge is 0.340 e. The van der Waals surface area contributed by atoms with Crippen LogP contribution in [0.1, 0.15) is 55.7 Å². The lowest BCUT2D eigenvalue weighted by molar-refractivity contribution is 0.152. The van der Waals surface area contributed by atoms with E-state index in [0.717, 1.165) is 24.1 Å². The minimum atomic E-state index is 0.496. The van der Waals surface area contributed by atoms with Crippen molar-refractivity contribution in [3.63, 3.8) is 0 Å². The normalized spacial score (nSPS) is 14.9. The van der Waals surface area contributed by atoms with Gasteiger partial charge in [-0.1, -0.05) is 32.4 Å². The third-order valence-electron chi connectivity index (χ3n) is 5.05. The number of hydrogen-bond donors (Lipinski definition) is 1. The van der Waals surface area contributed by atoms with Crippen molar-refractivity contribution in [2.45, 2.75) is 58.5 Å². The van der Waals surface area contributed by atoms with Gasteiger partial charge in [-0.3, -0.25) is 4.90 Å². The molecule has 3 rings (SSSR count). The highest BCUT2D eigenvalue weighted by Gasteiger charge is 2.23. The van der Waals surface area contributed by atoms with Gasteiger partial charge >= 0.3 is 0 Å². The first-order valence-corrected chi connectivity index (χ1v) is 9.05. The standard InChI is InChI=1S/C21H29N3/c1-15(2)20-12-21(23-18-8-5-7-16(3)11-18)22-13-17(20)14-24(4)19-9-6-10-19/h5,7-8,11-13,15,19H,6,9-10,14H2,1-4H3,(H,22,23). The Labute approximate surface area is 146 Å². The van der Waals surface area contributed by atoms with Crippen LogP contribution in [-0.4, -0.2) is 23.0 Å². The van der Waals surface area contributed by atoms with E-state index >= 15 is 0 Å². The highest BCUT2D eigenvalue weighted by atomic mass is 15.1. The van der Waals surface area contributed by atoms with Crippen LogP contribution in [-0.2, 0) is 6.54 Å². The fraction of sp³-hybridized carbons (Fsp3) is 0.476. The Kier molecular flexibility index (Phi) is 5.20. The number of aromatic nitrogens is 1. The van der Waals surface area contributed by atoms with Crippen LogP contribution in [0, 0.1) is 6.92 Å². The molecule has 1 aromatic carbocycles. The smallest absolute Gasteiger partial charge is 0.130 e. The van der Waals surface area contributed by atoms with Crippen LogP contribution >= 0.6 is 0 Å². The van der Waals surface area contributed by atoms with Crippen molar-refractivity contribution >= 4 is 11.5 Å². The molecule has 3 nitrogen and oxygen atoms in total. The van der Waals surface area contributed by atoms with Gasteiger partial charge < -0.3 is 5.32 Å². The fourth-order valence-electron chi connectivity index (χ4n) is 3.33. The summed E-state index contributed by atoms with van der Waals surface area (Å²) in [4.78, 5) is 7.15. The Balaban J connectivity index is 1.78. The van der Waals surface area contributed by atoms with Gasteiger partial charge in [0.2, 0.25) is 0 Å². The number of nitrogens with zero attached hydrogens (tertiary/aromatic N) is 2. The molecule has 0 atom stereocenters. The minimum absolute atomic E-state index is 0.496. The summed E-state index contributed by atoms with van der Waals surface area (Å²) in [6.07, 6.45) is 6.12. The van der Waals surface area contributed by atoms with Crippen LogP contribution in [0.4, 0.5) is 11.5 Å². The third kappa shape index (κ3) is 3.96. The number of aryl methyl sites for hydroxylation is 1. The molecule has 0 radical (unpaired) electrons.